The second-order valence-electron chi connectivity index (χ2n) is 4.91. The molecule has 0 N–H and O–H groups in total. The predicted octanol–water partition coefficient (Wildman–Crippen LogP) is 2.69. The molecule has 3 heteroatoms. The third-order valence-corrected chi connectivity index (χ3v) is 3.40. The first-order chi connectivity index (χ1) is 8.68. The normalized spacial score (nSPS) is 15.2. The SMILES string of the molecule is Cc1cccc(C)c1OCCCN1CCCC1=O. The highest BCUT2D eigenvalue weighted by Crippen LogP contribution is 2.22. The first-order valence-electron chi connectivity index (χ1n) is 6.65. The van der Waals surface area contributed by atoms with Gasteiger partial charge in [-0.3, -0.25) is 4.79 Å². The molecule has 0 spiro atoms. The number of para-hydroxylation sites is 1. The van der Waals surface area contributed by atoms with Crippen LogP contribution in [0.4, 0.5) is 0 Å². The predicted molar refractivity (Wildman–Crippen MR) is 71.8 cm³/mol. The van der Waals surface area contributed by atoms with E-state index in [0.717, 1.165) is 38.1 Å². The van der Waals surface area contributed by atoms with Crippen LogP contribution in [0.3, 0.4) is 0 Å². The summed E-state index contributed by atoms with van der Waals surface area (Å²) in [7, 11) is 0. The van der Waals surface area contributed by atoms with Crippen molar-refractivity contribution in [3.05, 3.63) is 29.3 Å². The fraction of sp³-hybridized carbons (Fsp3) is 0.533. The molecular formula is C15H21NO2. The molecule has 1 aliphatic rings. The van der Waals surface area contributed by atoms with Crippen molar-refractivity contribution in [3.8, 4) is 5.75 Å². The molecule has 0 aromatic heterocycles. The monoisotopic (exact) mass is 247 g/mol. The van der Waals surface area contributed by atoms with E-state index < -0.39 is 0 Å². The molecule has 0 aliphatic carbocycles. The molecule has 3 nitrogen and oxygen atoms in total. The Balaban J connectivity index is 1.77. The van der Waals surface area contributed by atoms with Crippen LogP contribution >= 0.6 is 0 Å². The van der Waals surface area contributed by atoms with Gasteiger partial charge in [0.1, 0.15) is 5.75 Å². The number of hydrogen-bond acceptors (Lipinski definition) is 2. The summed E-state index contributed by atoms with van der Waals surface area (Å²) in [6, 6.07) is 6.17. The lowest BCUT2D eigenvalue weighted by Gasteiger charge is -2.16. The van der Waals surface area contributed by atoms with Crippen molar-refractivity contribution < 1.29 is 9.53 Å². The number of amides is 1. The van der Waals surface area contributed by atoms with E-state index in [4.69, 9.17) is 4.74 Å². The van der Waals surface area contributed by atoms with Crippen LogP contribution in [0.2, 0.25) is 0 Å². The van der Waals surface area contributed by atoms with Gasteiger partial charge in [-0.15, -0.1) is 0 Å². The molecule has 1 heterocycles. The fourth-order valence-electron chi connectivity index (χ4n) is 2.40. The van der Waals surface area contributed by atoms with E-state index >= 15 is 0 Å². The molecule has 1 aromatic carbocycles. The van der Waals surface area contributed by atoms with Gasteiger partial charge in [-0.1, -0.05) is 18.2 Å². The van der Waals surface area contributed by atoms with Crippen LogP contribution in [0.15, 0.2) is 18.2 Å². The maximum Gasteiger partial charge on any atom is 0.222 e. The Morgan fingerprint density at radius 3 is 2.61 bits per heavy atom. The Morgan fingerprint density at radius 1 is 1.28 bits per heavy atom. The summed E-state index contributed by atoms with van der Waals surface area (Å²) in [5.41, 5.74) is 2.35. The minimum absolute atomic E-state index is 0.294. The number of carbonyl (C=O) groups excluding carboxylic acids is 1. The topological polar surface area (TPSA) is 29.5 Å². The van der Waals surface area contributed by atoms with Gasteiger partial charge >= 0.3 is 0 Å². The third kappa shape index (κ3) is 3.03. The minimum Gasteiger partial charge on any atom is -0.493 e. The summed E-state index contributed by atoms with van der Waals surface area (Å²) in [4.78, 5) is 13.4. The Morgan fingerprint density at radius 2 is 2.00 bits per heavy atom. The van der Waals surface area contributed by atoms with Crippen LogP contribution in [0.1, 0.15) is 30.4 Å². The number of carbonyl (C=O) groups is 1. The summed E-state index contributed by atoms with van der Waals surface area (Å²) < 4.78 is 5.82. The van der Waals surface area contributed by atoms with Gasteiger partial charge in [-0.25, -0.2) is 0 Å². The van der Waals surface area contributed by atoms with Crippen molar-refractivity contribution >= 4 is 5.91 Å². The number of aryl methyl sites for hydroxylation is 2. The zero-order valence-electron chi connectivity index (χ0n) is 11.2. The van der Waals surface area contributed by atoms with Gasteiger partial charge in [-0.05, 0) is 37.8 Å². The molecule has 0 saturated carbocycles. The van der Waals surface area contributed by atoms with E-state index in [1.54, 1.807) is 0 Å². The van der Waals surface area contributed by atoms with E-state index in [-0.39, 0.29) is 0 Å². The second-order valence-corrected chi connectivity index (χ2v) is 4.91. The minimum atomic E-state index is 0.294. The van der Waals surface area contributed by atoms with Crippen molar-refractivity contribution in [2.75, 3.05) is 19.7 Å². The Hall–Kier alpha value is -1.51. The van der Waals surface area contributed by atoms with Gasteiger partial charge in [0.2, 0.25) is 5.91 Å². The lowest BCUT2D eigenvalue weighted by Crippen LogP contribution is -2.26. The van der Waals surface area contributed by atoms with Crippen molar-refractivity contribution in [2.24, 2.45) is 0 Å². The summed E-state index contributed by atoms with van der Waals surface area (Å²) in [5.74, 6) is 1.28. The van der Waals surface area contributed by atoms with Crippen LogP contribution in [0.5, 0.6) is 5.75 Å². The lowest BCUT2D eigenvalue weighted by molar-refractivity contribution is -0.127. The average Bonchev–Trinajstić information content (AvgIpc) is 2.73. The Kier molecular flexibility index (Phi) is 4.24. The van der Waals surface area contributed by atoms with E-state index in [1.165, 1.54) is 11.1 Å². The van der Waals surface area contributed by atoms with Crippen LogP contribution in [-0.4, -0.2) is 30.5 Å². The van der Waals surface area contributed by atoms with Crippen molar-refractivity contribution in [3.63, 3.8) is 0 Å². The molecule has 1 saturated heterocycles. The molecular weight excluding hydrogens is 226 g/mol. The molecule has 1 aromatic rings. The van der Waals surface area contributed by atoms with Crippen molar-refractivity contribution in [1.82, 2.24) is 4.90 Å². The number of benzene rings is 1. The zero-order chi connectivity index (χ0) is 13.0. The molecule has 18 heavy (non-hydrogen) atoms. The first kappa shape index (κ1) is 12.9. The summed E-state index contributed by atoms with van der Waals surface area (Å²) >= 11 is 0. The lowest BCUT2D eigenvalue weighted by atomic mass is 10.1. The van der Waals surface area contributed by atoms with Gasteiger partial charge < -0.3 is 9.64 Å². The first-order valence-corrected chi connectivity index (χ1v) is 6.65. The number of ether oxygens (including phenoxy) is 1. The van der Waals surface area contributed by atoms with E-state index in [2.05, 4.69) is 26.0 Å². The maximum atomic E-state index is 11.4. The molecule has 0 radical (unpaired) electrons. The van der Waals surface area contributed by atoms with Crippen LogP contribution in [0, 0.1) is 13.8 Å². The number of rotatable bonds is 5. The van der Waals surface area contributed by atoms with Gasteiger partial charge in [0.05, 0.1) is 6.61 Å². The molecule has 98 valence electrons. The van der Waals surface area contributed by atoms with E-state index in [9.17, 15) is 4.79 Å². The summed E-state index contributed by atoms with van der Waals surface area (Å²) in [5, 5.41) is 0. The van der Waals surface area contributed by atoms with Crippen molar-refractivity contribution in [2.45, 2.75) is 33.1 Å². The molecule has 1 aliphatic heterocycles. The van der Waals surface area contributed by atoms with Crippen LogP contribution in [0.25, 0.3) is 0 Å². The third-order valence-electron chi connectivity index (χ3n) is 3.40. The average molecular weight is 247 g/mol. The number of nitrogens with zero attached hydrogens (tertiary/aromatic N) is 1. The van der Waals surface area contributed by atoms with Crippen LogP contribution < -0.4 is 4.74 Å². The summed E-state index contributed by atoms with van der Waals surface area (Å²) in [6.45, 7) is 6.54. The Labute approximate surface area is 109 Å². The number of likely N-dealkylation sites (tertiary alicyclic amines) is 1. The molecule has 0 atom stereocenters. The smallest absolute Gasteiger partial charge is 0.222 e. The quantitative estimate of drug-likeness (QED) is 0.749. The van der Waals surface area contributed by atoms with E-state index in [0.29, 0.717) is 12.5 Å². The molecule has 0 bridgehead atoms. The summed E-state index contributed by atoms with van der Waals surface area (Å²) in [6.07, 6.45) is 2.63. The highest BCUT2D eigenvalue weighted by molar-refractivity contribution is 5.77. The highest BCUT2D eigenvalue weighted by Gasteiger charge is 2.19. The van der Waals surface area contributed by atoms with Gasteiger partial charge in [-0.2, -0.15) is 0 Å². The van der Waals surface area contributed by atoms with E-state index in [1.807, 2.05) is 11.0 Å². The second kappa shape index (κ2) is 5.89. The van der Waals surface area contributed by atoms with Crippen molar-refractivity contribution in [1.29, 1.82) is 0 Å². The standard InChI is InChI=1S/C15H21NO2/c1-12-6-3-7-13(2)15(12)18-11-5-10-16-9-4-8-14(16)17/h3,6-7H,4-5,8-11H2,1-2H3. The fourth-order valence-corrected chi connectivity index (χ4v) is 2.40. The molecule has 1 fully saturated rings. The van der Waals surface area contributed by atoms with Crippen LogP contribution in [-0.2, 0) is 4.79 Å². The van der Waals surface area contributed by atoms with Gasteiger partial charge in [0.25, 0.3) is 0 Å². The maximum absolute atomic E-state index is 11.4. The van der Waals surface area contributed by atoms with Gasteiger partial charge in [0.15, 0.2) is 0 Å². The molecule has 0 unspecified atom stereocenters. The van der Waals surface area contributed by atoms with Gasteiger partial charge in [0, 0.05) is 19.5 Å². The molecule has 1 amide bonds. The Bertz CT molecular complexity index is 408. The zero-order valence-corrected chi connectivity index (χ0v) is 11.2. The molecule has 2 rings (SSSR count). The number of hydrogen-bond donors (Lipinski definition) is 0. The largest absolute Gasteiger partial charge is 0.493 e. The highest BCUT2D eigenvalue weighted by atomic mass is 16.5.